The highest BCUT2D eigenvalue weighted by Gasteiger charge is 2.27. The van der Waals surface area contributed by atoms with E-state index in [4.69, 9.17) is 5.26 Å². The van der Waals surface area contributed by atoms with E-state index in [-0.39, 0.29) is 17.9 Å². The molecule has 0 bridgehead atoms. The van der Waals surface area contributed by atoms with Crippen LogP contribution < -0.4 is 5.32 Å². The lowest BCUT2D eigenvalue weighted by Crippen LogP contribution is -2.42. The molecule has 1 rings (SSSR count). The van der Waals surface area contributed by atoms with Crippen molar-refractivity contribution in [2.75, 3.05) is 20.1 Å². The maximum absolute atomic E-state index is 11.6. The van der Waals surface area contributed by atoms with Crippen molar-refractivity contribution in [1.82, 2.24) is 10.2 Å². The van der Waals surface area contributed by atoms with Gasteiger partial charge in [-0.15, -0.1) is 0 Å². The largest absolute Gasteiger partial charge is 0.340 e. The third-order valence-electron chi connectivity index (χ3n) is 2.49. The summed E-state index contributed by atoms with van der Waals surface area (Å²) in [5.74, 6) is 0.133. The van der Waals surface area contributed by atoms with E-state index < -0.39 is 0 Å². The summed E-state index contributed by atoms with van der Waals surface area (Å²) in [7, 11) is 1.76. The van der Waals surface area contributed by atoms with E-state index in [0.717, 1.165) is 13.0 Å². The van der Waals surface area contributed by atoms with Crippen LogP contribution in [-0.4, -0.2) is 37.0 Å². The summed E-state index contributed by atoms with van der Waals surface area (Å²) in [6, 6.07) is 2.05. The molecule has 1 N–H and O–H groups in total. The zero-order valence-corrected chi connectivity index (χ0v) is 8.08. The minimum atomic E-state index is -0.141. The van der Waals surface area contributed by atoms with Gasteiger partial charge in [-0.25, -0.2) is 0 Å². The number of rotatable bonds is 2. The number of hydrogen-bond acceptors (Lipinski definition) is 3. The summed E-state index contributed by atoms with van der Waals surface area (Å²) in [5, 5.41) is 11.6. The Balaban J connectivity index is 2.47. The highest BCUT2D eigenvalue weighted by molar-refractivity contribution is 5.81. The van der Waals surface area contributed by atoms with E-state index in [0.29, 0.717) is 6.54 Å². The Labute approximate surface area is 78.5 Å². The predicted molar refractivity (Wildman–Crippen MR) is 48.8 cm³/mol. The van der Waals surface area contributed by atoms with Gasteiger partial charge in [0.1, 0.15) is 0 Å². The lowest BCUT2D eigenvalue weighted by molar-refractivity contribution is -0.131. The lowest BCUT2D eigenvalue weighted by atomic mass is 10.1. The van der Waals surface area contributed by atoms with Crippen molar-refractivity contribution in [3.8, 4) is 6.07 Å². The van der Waals surface area contributed by atoms with Gasteiger partial charge in [0.2, 0.25) is 5.91 Å². The van der Waals surface area contributed by atoms with E-state index >= 15 is 0 Å². The van der Waals surface area contributed by atoms with Gasteiger partial charge in [-0.3, -0.25) is 4.79 Å². The Kier molecular flexibility index (Phi) is 3.26. The molecule has 0 spiro atoms. The topological polar surface area (TPSA) is 56.1 Å². The average molecular weight is 181 g/mol. The predicted octanol–water partition coefficient (Wildman–Crippen LogP) is -0.0336. The molecular formula is C9H15N3O. The van der Waals surface area contributed by atoms with Gasteiger partial charge in [0, 0.05) is 13.1 Å². The van der Waals surface area contributed by atoms with Gasteiger partial charge in [0.05, 0.1) is 18.0 Å². The summed E-state index contributed by atoms with van der Waals surface area (Å²) in [6.45, 7) is 3.16. The van der Waals surface area contributed by atoms with Crippen LogP contribution in [-0.2, 0) is 4.79 Å². The second-order valence-corrected chi connectivity index (χ2v) is 3.41. The van der Waals surface area contributed by atoms with Crippen molar-refractivity contribution >= 4 is 5.91 Å². The fourth-order valence-electron chi connectivity index (χ4n) is 1.46. The van der Waals surface area contributed by atoms with Crippen LogP contribution in [0.25, 0.3) is 0 Å². The summed E-state index contributed by atoms with van der Waals surface area (Å²) in [5.41, 5.74) is 0. The molecule has 4 nitrogen and oxygen atoms in total. The third-order valence-corrected chi connectivity index (χ3v) is 2.49. The fraction of sp³-hybridized carbons (Fsp3) is 0.778. The number of amides is 1. The van der Waals surface area contributed by atoms with Crippen LogP contribution in [0.4, 0.5) is 0 Å². The number of nitrogens with one attached hydrogen (secondary N) is 1. The zero-order valence-electron chi connectivity index (χ0n) is 8.08. The summed E-state index contributed by atoms with van der Waals surface area (Å²) in [4.78, 5) is 13.4. The van der Waals surface area contributed by atoms with Gasteiger partial charge in [-0.1, -0.05) is 0 Å². The number of likely N-dealkylation sites (tertiary alicyclic amines) is 1. The van der Waals surface area contributed by atoms with Crippen molar-refractivity contribution < 1.29 is 4.79 Å². The van der Waals surface area contributed by atoms with Crippen LogP contribution in [0, 0.1) is 17.2 Å². The van der Waals surface area contributed by atoms with Crippen molar-refractivity contribution in [3.63, 3.8) is 0 Å². The monoisotopic (exact) mass is 181 g/mol. The molecule has 1 aliphatic heterocycles. The molecular weight excluding hydrogens is 166 g/mol. The molecule has 0 aromatic heterocycles. The maximum Gasteiger partial charge on any atom is 0.239 e. The van der Waals surface area contributed by atoms with Crippen molar-refractivity contribution in [1.29, 1.82) is 5.26 Å². The SMILES string of the molecule is CN[C@@H](C)C(=O)N1CCC(C#N)C1. The van der Waals surface area contributed by atoms with Gasteiger partial charge in [0.25, 0.3) is 0 Å². The molecule has 72 valence electrons. The quantitative estimate of drug-likeness (QED) is 0.650. The molecule has 1 aliphatic rings. The van der Waals surface area contributed by atoms with Crippen molar-refractivity contribution in [2.45, 2.75) is 19.4 Å². The van der Waals surface area contributed by atoms with Crippen LogP contribution in [0.3, 0.4) is 0 Å². The van der Waals surface area contributed by atoms with Crippen LogP contribution in [0.1, 0.15) is 13.3 Å². The second-order valence-electron chi connectivity index (χ2n) is 3.41. The van der Waals surface area contributed by atoms with Gasteiger partial charge >= 0.3 is 0 Å². The highest BCUT2D eigenvalue weighted by atomic mass is 16.2. The van der Waals surface area contributed by atoms with Gasteiger partial charge in [0.15, 0.2) is 0 Å². The first-order valence-electron chi connectivity index (χ1n) is 4.54. The molecule has 13 heavy (non-hydrogen) atoms. The van der Waals surface area contributed by atoms with Crippen LogP contribution >= 0.6 is 0 Å². The third kappa shape index (κ3) is 2.19. The molecule has 2 atom stereocenters. The minimum Gasteiger partial charge on any atom is -0.340 e. The van der Waals surface area contributed by atoms with Crippen molar-refractivity contribution in [2.24, 2.45) is 5.92 Å². The number of carbonyl (C=O) groups is 1. The molecule has 0 radical (unpaired) electrons. The lowest BCUT2D eigenvalue weighted by Gasteiger charge is -2.19. The molecule has 1 heterocycles. The van der Waals surface area contributed by atoms with E-state index in [1.54, 1.807) is 11.9 Å². The molecule has 0 saturated carbocycles. The molecule has 0 aromatic carbocycles. The zero-order chi connectivity index (χ0) is 9.84. The Morgan fingerprint density at radius 1 is 1.77 bits per heavy atom. The highest BCUT2D eigenvalue weighted by Crippen LogP contribution is 2.15. The smallest absolute Gasteiger partial charge is 0.239 e. The molecule has 1 saturated heterocycles. The molecule has 0 aromatic rings. The Bertz CT molecular complexity index is 234. The van der Waals surface area contributed by atoms with Gasteiger partial charge in [-0.2, -0.15) is 5.26 Å². The average Bonchev–Trinajstić information content (AvgIpc) is 2.63. The molecule has 4 heteroatoms. The number of nitriles is 1. The van der Waals surface area contributed by atoms with E-state index in [9.17, 15) is 4.79 Å². The minimum absolute atomic E-state index is 0.0352. The van der Waals surface area contributed by atoms with Crippen LogP contribution in [0.5, 0.6) is 0 Å². The molecule has 1 fully saturated rings. The molecule has 1 unspecified atom stereocenters. The van der Waals surface area contributed by atoms with E-state index in [1.807, 2.05) is 6.92 Å². The first kappa shape index (κ1) is 10.0. The Hall–Kier alpha value is -1.08. The number of hydrogen-bond donors (Lipinski definition) is 1. The van der Waals surface area contributed by atoms with E-state index in [1.165, 1.54) is 0 Å². The van der Waals surface area contributed by atoms with Gasteiger partial charge < -0.3 is 10.2 Å². The number of carbonyl (C=O) groups excluding carboxylic acids is 1. The maximum atomic E-state index is 11.6. The standard InChI is InChI=1S/C9H15N3O/c1-7(11-2)9(13)12-4-3-8(5-10)6-12/h7-8,11H,3-4,6H2,1-2H3/t7-,8?/m0/s1. The van der Waals surface area contributed by atoms with Crippen LogP contribution in [0.2, 0.25) is 0 Å². The molecule has 1 amide bonds. The summed E-state index contributed by atoms with van der Waals surface area (Å²) >= 11 is 0. The summed E-state index contributed by atoms with van der Waals surface area (Å²) in [6.07, 6.45) is 0.818. The normalized spacial score (nSPS) is 24.1. The first-order chi connectivity index (χ1) is 6.19. The second kappa shape index (κ2) is 4.24. The van der Waals surface area contributed by atoms with Gasteiger partial charge in [-0.05, 0) is 20.4 Å². The Morgan fingerprint density at radius 2 is 2.46 bits per heavy atom. The first-order valence-corrected chi connectivity index (χ1v) is 4.54. The summed E-state index contributed by atoms with van der Waals surface area (Å²) < 4.78 is 0. The van der Waals surface area contributed by atoms with Crippen LogP contribution in [0.15, 0.2) is 0 Å². The van der Waals surface area contributed by atoms with Crippen molar-refractivity contribution in [3.05, 3.63) is 0 Å². The van der Waals surface area contributed by atoms with E-state index in [2.05, 4.69) is 11.4 Å². The fourth-order valence-corrected chi connectivity index (χ4v) is 1.46. The molecule has 0 aliphatic carbocycles. The number of likely N-dealkylation sites (N-methyl/N-ethyl adjacent to an activating group) is 1. The Morgan fingerprint density at radius 3 is 2.92 bits per heavy atom. The number of nitrogens with zero attached hydrogens (tertiary/aromatic N) is 2.